The maximum Gasteiger partial charge on any atom is 0.139 e. The highest BCUT2D eigenvalue weighted by Gasteiger charge is 2.19. The zero-order chi connectivity index (χ0) is 15.6. The molecular weight excluding hydrogens is 418 g/mol. The van der Waals surface area contributed by atoms with E-state index < -0.39 is 5.38 Å². The standard InChI is InChI=1S/C15H11BrCl4O/c1-2-21-14-7-12(18)10(6-13(14)19)15(20)9-5-8(16)3-4-11(9)17/h3-7,15H,2H2,1H3. The number of benzene rings is 2. The first-order valence-corrected chi connectivity index (χ1v) is 8.51. The van der Waals surface area contributed by atoms with Crippen LogP contribution in [-0.2, 0) is 0 Å². The molecule has 0 saturated heterocycles. The molecule has 2 aromatic carbocycles. The lowest BCUT2D eigenvalue weighted by molar-refractivity contribution is 0.340. The van der Waals surface area contributed by atoms with Crippen LogP contribution in [0, 0.1) is 0 Å². The number of hydrogen-bond acceptors (Lipinski definition) is 1. The molecule has 112 valence electrons. The minimum atomic E-state index is -0.504. The van der Waals surface area contributed by atoms with E-state index in [1.165, 1.54) is 0 Å². The Labute approximate surface area is 152 Å². The quantitative estimate of drug-likeness (QED) is 0.470. The van der Waals surface area contributed by atoms with Gasteiger partial charge in [-0.25, -0.2) is 0 Å². The maximum atomic E-state index is 6.53. The first-order valence-electron chi connectivity index (χ1n) is 6.14. The van der Waals surface area contributed by atoms with Crippen LogP contribution in [0.2, 0.25) is 15.1 Å². The van der Waals surface area contributed by atoms with Gasteiger partial charge in [-0.1, -0.05) is 50.7 Å². The van der Waals surface area contributed by atoms with Crippen LogP contribution >= 0.6 is 62.3 Å². The average molecular weight is 429 g/mol. The topological polar surface area (TPSA) is 9.23 Å². The van der Waals surface area contributed by atoms with Crippen molar-refractivity contribution < 1.29 is 4.74 Å². The molecule has 2 rings (SSSR count). The van der Waals surface area contributed by atoms with Gasteiger partial charge in [-0.2, -0.15) is 0 Å². The van der Waals surface area contributed by atoms with E-state index >= 15 is 0 Å². The molecule has 1 nitrogen and oxygen atoms in total. The molecule has 1 atom stereocenters. The summed E-state index contributed by atoms with van der Waals surface area (Å²) in [6.07, 6.45) is 0. The van der Waals surface area contributed by atoms with Crippen molar-refractivity contribution >= 4 is 62.3 Å². The van der Waals surface area contributed by atoms with Crippen molar-refractivity contribution in [2.45, 2.75) is 12.3 Å². The van der Waals surface area contributed by atoms with Crippen LogP contribution in [0.3, 0.4) is 0 Å². The van der Waals surface area contributed by atoms with Crippen LogP contribution < -0.4 is 4.74 Å². The van der Waals surface area contributed by atoms with Crippen LogP contribution in [0.5, 0.6) is 5.75 Å². The van der Waals surface area contributed by atoms with Crippen molar-refractivity contribution in [1.82, 2.24) is 0 Å². The average Bonchev–Trinajstić information content (AvgIpc) is 2.44. The van der Waals surface area contributed by atoms with Gasteiger partial charge >= 0.3 is 0 Å². The lowest BCUT2D eigenvalue weighted by Gasteiger charge is -2.16. The van der Waals surface area contributed by atoms with Gasteiger partial charge in [0.2, 0.25) is 0 Å². The summed E-state index contributed by atoms with van der Waals surface area (Å²) in [5.41, 5.74) is 1.45. The van der Waals surface area contributed by atoms with Gasteiger partial charge in [0.25, 0.3) is 0 Å². The lowest BCUT2D eigenvalue weighted by atomic mass is 10.0. The number of rotatable bonds is 4. The minimum absolute atomic E-state index is 0.466. The second-order valence-corrected chi connectivity index (χ2v) is 6.84. The van der Waals surface area contributed by atoms with Crippen LogP contribution in [0.15, 0.2) is 34.8 Å². The molecule has 2 aromatic rings. The molecule has 0 radical (unpaired) electrons. The first kappa shape index (κ1) is 17.2. The molecule has 0 spiro atoms. The Morgan fingerprint density at radius 3 is 2.33 bits per heavy atom. The first-order chi connectivity index (χ1) is 9.93. The molecule has 0 aliphatic carbocycles. The summed E-state index contributed by atoms with van der Waals surface area (Å²) in [4.78, 5) is 0. The Kier molecular flexibility index (Phi) is 6.10. The van der Waals surface area contributed by atoms with Crippen LogP contribution in [-0.4, -0.2) is 6.61 Å². The summed E-state index contributed by atoms with van der Waals surface area (Å²) < 4.78 is 6.30. The maximum absolute atomic E-state index is 6.53. The summed E-state index contributed by atoms with van der Waals surface area (Å²) in [5.74, 6) is 0.539. The fourth-order valence-electron chi connectivity index (χ4n) is 1.88. The monoisotopic (exact) mass is 426 g/mol. The number of alkyl halides is 1. The highest BCUT2D eigenvalue weighted by Crippen LogP contribution is 2.41. The van der Waals surface area contributed by atoms with Crippen molar-refractivity contribution in [2.75, 3.05) is 6.61 Å². The van der Waals surface area contributed by atoms with Crippen LogP contribution in [0.1, 0.15) is 23.4 Å². The SMILES string of the molecule is CCOc1cc(Cl)c(C(Cl)c2cc(Br)ccc2Cl)cc1Cl. The summed E-state index contributed by atoms with van der Waals surface area (Å²) in [6.45, 7) is 2.39. The van der Waals surface area contributed by atoms with E-state index in [2.05, 4.69) is 15.9 Å². The molecule has 0 heterocycles. The van der Waals surface area contributed by atoms with Crippen molar-refractivity contribution in [1.29, 1.82) is 0 Å². The fourth-order valence-corrected chi connectivity index (χ4v) is 3.45. The molecule has 0 fully saturated rings. The zero-order valence-electron chi connectivity index (χ0n) is 11.0. The van der Waals surface area contributed by atoms with Crippen molar-refractivity contribution in [3.63, 3.8) is 0 Å². The molecule has 1 unspecified atom stereocenters. The Morgan fingerprint density at radius 2 is 1.67 bits per heavy atom. The van der Waals surface area contributed by atoms with E-state index in [9.17, 15) is 0 Å². The van der Waals surface area contributed by atoms with E-state index in [0.717, 1.165) is 10.0 Å². The molecule has 0 aliphatic heterocycles. The fraction of sp³-hybridized carbons (Fsp3) is 0.200. The third kappa shape index (κ3) is 4.00. The molecule has 0 aliphatic rings. The van der Waals surface area contributed by atoms with Gasteiger partial charge in [-0.05, 0) is 42.3 Å². The Balaban J connectivity index is 2.46. The second-order valence-electron chi connectivity index (χ2n) is 4.27. The van der Waals surface area contributed by atoms with E-state index in [1.807, 2.05) is 19.1 Å². The van der Waals surface area contributed by atoms with E-state index in [1.54, 1.807) is 18.2 Å². The van der Waals surface area contributed by atoms with E-state index in [-0.39, 0.29) is 0 Å². The van der Waals surface area contributed by atoms with Gasteiger partial charge in [0, 0.05) is 20.6 Å². The van der Waals surface area contributed by atoms with Gasteiger partial charge in [0.15, 0.2) is 0 Å². The zero-order valence-corrected chi connectivity index (χ0v) is 15.6. The molecule has 0 N–H and O–H groups in total. The second kappa shape index (κ2) is 7.43. The summed E-state index contributed by atoms with van der Waals surface area (Å²) in [6, 6.07) is 8.87. The van der Waals surface area contributed by atoms with Gasteiger partial charge in [0.05, 0.1) is 17.0 Å². The Bertz CT molecular complexity index is 660. The van der Waals surface area contributed by atoms with Gasteiger partial charge in [-0.3, -0.25) is 0 Å². The normalized spacial score (nSPS) is 12.3. The highest BCUT2D eigenvalue weighted by molar-refractivity contribution is 9.10. The summed E-state index contributed by atoms with van der Waals surface area (Å²) in [5, 5.41) is 1.02. The largest absolute Gasteiger partial charge is 0.492 e. The summed E-state index contributed by atoms with van der Waals surface area (Å²) in [7, 11) is 0. The van der Waals surface area contributed by atoms with Crippen molar-refractivity contribution in [3.8, 4) is 5.75 Å². The Morgan fingerprint density at radius 1 is 1.00 bits per heavy atom. The molecule has 0 saturated carbocycles. The third-order valence-corrected chi connectivity index (χ3v) is 4.79. The van der Waals surface area contributed by atoms with E-state index in [4.69, 9.17) is 51.1 Å². The minimum Gasteiger partial charge on any atom is -0.492 e. The highest BCUT2D eigenvalue weighted by atomic mass is 79.9. The number of ether oxygens (including phenoxy) is 1. The van der Waals surface area contributed by atoms with Crippen molar-refractivity contribution in [2.24, 2.45) is 0 Å². The van der Waals surface area contributed by atoms with Gasteiger partial charge in [0.1, 0.15) is 5.75 Å². The molecule has 21 heavy (non-hydrogen) atoms. The lowest BCUT2D eigenvalue weighted by Crippen LogP contribution is -1.98. The molecule has 6 heteroatoms. The van der Waals surface area contributed by atoms with Gasteiger partial charge in [-0.15, -0.1) is 11.6 Å². The van der Waals surface area contributed by atoms with E-state index in [0.29, 0.717) is 33.0 Å². The van der Waals surface area contributed by atoms with Crippen molar-refractivity contribution in [3.05, 3.63) is 61.0 Å². The summed E-state index contributed by atoms with van der Waals surface area (Å²) >= 11 is 28.6. The molecule has 0 amide bonds. The molecular formula is C15H11BrCl4O. The Hall–Kier alpha value is -0.120. The molecule has 0 bridgehead atoms. The smallest absolute Gasteiger partial charge is 0.139 e. The van der Waals surface area contributed by atoms with Crippen LogP contribution in [0.25, 0.3) is 0 Å². The predicted molar refractivity (Wildman–Crippen MR) is 94.5 cm³/mol. The van der Waals surface area contributed by atoms with Crippen LogP contribution in [0.4, 0.5) is 0 Å². The molecule has 0 aromatic heterocycles. The van der Waals surface area contributed by atoms with Gasteiger partial charge < -0.3 is 4.74 Å². The number of halogens is 5. The predicted octanol–water partition coefficient (Wildman–Crippen LogP) is 7.14. The number of hydrogen-bond donors (Lipinski definition) is 0. The third-order valence-electron chi connectivity index (χ3n) is 2.86.